The number of carboxylic acids is 1. The predicted molar refractivity (Wildman–Crippen MR) is 103 cm³/mol. The van der Waals surface area contributed by atoms with E-state index in [-0.39, 0.29) is 18.4 Å². The Morgan fingerprint density at radius 2 is 1.67 bits per heavy atom. The molecule has 0 spiro atoms. The van der Waals surface area contributed by atoms with Crippen molar-refractivity contribution in [1.82, 2.24) is 4.90 Å². The van der Waals surface area contributed by atoms with Crippen LogP contribution in [-0.4, -0.2) is 42.1 Å². The molecular weight excluding hydrogens is 342 g/mol. The summed E-state index contributed by atoms with van der Waals surface area (Å²) < 4.78 is 5.18. The average molecular weight is 367 g/mol. The molecule has 1 aliphatic heterocycles. The molecule has 0 aromatic heterocycles. The summed E-state index contributed by atoms with van der Waals surface area (Å²) in [5, 5.41) is 9.67. The second-order valence-corrected chi connectivity index (χ2v) is 7.53. The van der Waals surface area contributed by atoms with Crippen LogP contribution in [0, 0.1) is 5.92 Å². The van der Waals surface area contributed by atoms with Gasteiger partial charge in [-0.2, -0.15) is 0 Å². The highest BCUT2D eigenvalue weighted by atomic mass is 16.5. The number of hydrogen-bond donors (Lipinski definition) is 1. The molecule has 5 nitrogen and oxygen atoms in total. The molecule has 0 saturated carbocycles. The van der Waals surface area contributed by atoms with Crippen LogP contribution >= 0.6 is 0 Å². The Morgan fingerprint density at radius 3 is 2.22 bits per heavy atom. The first kappa shape index (κ1) is 19.0. The molecule has 1 fully saturated rings. The lowest BCUT2D eigenvalue weighted by Crippen LogP contribution is -2.42. The summed E-state index contributed by atoms with van der Waals surface area (Å²) >= 11 is 0. The van der Waals surface area contributed by atoms with Crippen molar-refractivity contribution in [1.29, 1.82) is 0 Å². The number of nitrogens with zero attached hydrogens (tertiary/aromatic N) is 1. The first-order chi connectivity index (χ1) is 12.8. The number of aliphatic carboxylic acids is 1. The Labute approximate surface area is 159 Å². The molecular formula is C22H25NO4. The summed E-state index contributed by atoms with van der Waals surface area (Å²) in [4.78, 5) is 26.8. The van der Waals surface area contributed by atoms with Gasteiger partial charge in [-0.25, -0.2) is 0 Å². The van der Waals surface area contributed by atoms with Crippen molar-refractivity contribution >= 4 is 11.9 Å². The molecule has 0 bridgehead atoms. The van der Waals surface area contributed by atoms with Crippen LogP contribution in [0.15, 0.2) is 54.6 Å². The first-order valence-electron chi connectivity index (χ1n) is 9.06. The normalized spacial score (nSPS) is 19.7. The molecule has 142 valence electrons. The lowest BCUT2D eigenvalue weighted by Gasteiger charge is -2.30. The molecule has 0 radical (unpaired) electrons. The number of carboxylic acid groups (broad SMARTS) is 1. The van der Waals surface area contributed by atoms with Crippen molar-refractivity contribution < 1.29 is 19.4 Å². The van der Waals surface area contributed by atoms with Crippen molar-refractivity contribution in [3.63, 3.8) is 0 Å². The highest BCUT2D eigenvalue weighted by molar-refractivity contribution is 5.88. The van der Waals surface area contributed by atoms with Gasteiger partial charge in [-0.1, -0.05) is 42.5 Å². The Hall–Kier alpha value is -2.82. The van der Waals surface area contributed by atoms with Crippen LogP contribution < -0.4 is 4.74 Å². The van der Waals surface area contributed by atoms with Crippen LogP contribution in [0.25, 0.3) is 0 Å². The molecule has 0 aliphatic carbocycles. The van der Waals surface area contributed by atoms with E-state index in [9.17, 15) is 14.7 Å². The standard InChI is InChI=1S/C22H25NO4/c1-22(2,16-9-11-17(27-3)12-10-16)21(26)23-13-18(19(14-23)20(24)25)15-7-5-4-6-8-15/h4-12,18-19H,13-14H2,1-3H3,(H,24,25). The zero-order valence-corrected chi connectivity index (χ0v) is 15.9. The quantitative estimate of drug-likeness (QED) is 0.881. The maximum absolute atomic E-state index is 13.3. The molecule has 1 saturated heterocycles. The van der Waals surface area contributed by atoms with Gasteiger partial charge in [0.25, 0.3) is 0 Å². The lowest BCUT2D eigenvalue weighted by atomic mass is 9.83. The molecule has 2 atom stereocenters. The van der Waals surface area contributed by atoms with Crippen molar-refractivity contribution in [2.75, 3.05) is 20.2 Å². The fraction of sp³-hybridized carbons (Fsp3) is 0.364. The maximum Gasteiger partial charge on any atom is 0.308 e. The molecule has 1 heterocycles. The van der Waals surface area contributed by atoms with Gasteiger partial charge < -0.3 is 14.7 Å². The van der Waals surface area contributed by atoms with E-state index >= 15 is 0 Å². The molecule has 2 aromatic rings. The van der Waals surface area contributed by atoms with E-state index in [1.165, 1.54) is 0 Å². The van der Waals surface area contributed by atoms with Gasteiger partial charge in [0.15, 0.2) is 0 Å². The Bertz CT molecular complexity index is 814. The molecule has 2 aromatic carbocycles. The van der Waals surface area contributed by atoms with E-state index in [4.69, 9.17) is 4.74 Å². The number of benzene rings is 2. The Balaban J connectivity index is 1.84. The molecule has 1 aliphatic rings. The van der Waals surface area contributed by atoms with Crippen LogP contribution in [0.2, 0.25) is 0 Å². The average Bonchev–Trinajstić information content (AvgIpc) is 3.13. The van der Waals surface area contributed by atoms with Gasteiger partial charge in [0.2, 0.25) is 5.91 Å². The van der Waals surface area contributed by atoms with Crippen molar-refractivity contribution in [2.45, 2.75) is 25.2 Å². The van der Waals surface area contributed by atoms with Crippen LogP contribution in [0.5, 0.6) is 5.75 Å². The fourth-order valence-electron chi connectivity index (χ4n) is 3.78. The molecule has 3 rings (SSSR count). The van der Waals surface area contributed by atoms with Gasteiger partial charge in [0.1, 0.15) is 5.75 Å². The molecule has 27 heavy (non-hydrogen) atoms. The van der Waals surface area contributed by atoms with Crippen LogP contribution in [-0.2, 0) is 15.0 Å². The van der Waals surface area contributed by atoms with Crippen molar-refractivity contribution in [3.05, 3.63) is 65.7 Å². The van der Waals surface area contributed by atoms with Crippen molar-refractivity contribution in [3.8, 4) is 5.75 Å². The highest BCUT2D eigenvalue weighted by Gasteiger charge is 2.44. The summed E-state index contributed by atoms with van der Waals surface area (Å²) in [6, 6.07) is 17.0. The molecule has 5 heteroatoms. The lowest BCUT2D eigenvalue weighted by molar-refractivity contribution is -0.142. The zero-order chi connectivity index (χ0) is 19.6. The number of methoxy groups -OCH3 is 1. The fourth-order valence-corrected chi connectivity index (χ4v) is 3.78. The summed E-state index contributed by atoms with van der Waals surface area (Å²) in [6.07, 6.45) is 0. The minimum Gasteiger partial charge on any atom is -0.497 e. The Morgan fingerprint density at radius 1 is 1.04 bits per heavy atom. The second-order valence-electron chi connectivity index (χ2n) is 7.53. The SMILES string of the molecule is COc1ccc(C(C)(C)C(=O)N2CC(C(=O)O)C(c3ccccc3)C2)cc1. The molecule has 2 unspecified atom stereocenters. The number of carbonyl (C=O) groups is 2. The van der Waals surface area contributed by atoms with E-state index in [1.54, 1.807) is 12.0 Å². The van der Waals surface area contributed by atoms with Gasteiger partial charge >= 0.3 is 5.97 Å². The summed E-state index contributed by atoms with van der Waals surface area (Å²) in [5.41, 5.74) is 1.09. The zero-order valence-electron chi connectivity index (χ0n) is 15.9. The van der Waals surface area contributed by atoms with Gasteiger partial charge in [0, 0.05) is 19.0 Å². The third-order valence-electron chi connectivity index (χ3n) is 5.50. The summed E-state index contributed by atoms with van der Waals surface area (Å²) in [7, 11) is 1.60. The predicted octanol–water partition coefficient (Wildman–Crippen LogP) is 3.30. The maximum atomic E-state index is 13.3. The van der Waals surface area contributed by atoms with Gasteiger partial charge in [-0.3, -0.25) is 9.59 Å². The van der Waals surface area contributed by atoms with E-state index in [2.05, 4.69) is 0 Å². The highest BCUT2D eigenvalue weighted by Crippen LogP contribution is 2.36. The van der Waals surface area contributed by atoms with Crippen LogP contribution in [0.3, 0.4) is 0 Å². The molecule has 1 amide bonds. The number of ether oxygens (including phenoxy) is 1. The summed E-state index contributed by atoms with van der Waals surface area (Å²) in [5.74, 6) is -0.973. The van der Waals surface area contributed by atoms with Gasteiger partial charge in [-0.15, -0.1) is 0 Å². The van der Waals surface area contributed by atoms with Gasteiger partial charge in [-0.05, 0) is 37.1 Å². The number of rotatable bonds is 5. The van der Waals surface area contributed by atoms with E-state index < -0.39 is 17.3 Å². The minimum absolute atomic E-state index is 0.0580. The number of amides is 1. The van der Waals surface area contributed by atoms with Gasteiger partial charge in [0.05, 0.1) is 18.4 Å². The number of carbonyl (C=O) groups excluding carboxylic acids is 1. The molecule has 1 N–H and O–H groups in total. The van der Waals surface area contributed by atoms with Crippen molar-refractivity contribution in [2.24, 2.45) is 5.92 Å². The van der Waals surface area contributed by atoms with Crippen LogP contribution in [0.4, 0.5) is 0 Å². The van der Waals surface area contributed by atoms with Crippen LogP contribution in [0.1, 0.15) is 30.9 Å². The minimum atomic E-state index is -0.860. The smallest absolute Gasteiger partial charge is 0.308 e. The van der Waals surface area contributed by atoms with E-state index in [0.29, 0.717) is 6.54 Å². The monoisotopic (exact) mass is 367 g/mol. The number of likely N-dealkylation sites (tertiary alicyclic amines) is 1. The van der Waals surface area contributed by atoms with E-state index in [1.807, 2.05) is 68.4 Å². The van der Waals surface area contributed by atoms with E-state index in [0.717, 1.165) is 16.9 Å². The Kier molecular flexibility index (Phi) is 5.22. The third-order valence-corrected chi connectivity index (χ3v) is 5.50. The topological polar surface area (TPSA) is 66.8 Å². The summed E-state index contributed by atoms with van der Waals surface area (Å²) in [6.45, 7) is 4.40. The third kappa shape index (κ3) is 3.68. The number of hydrogen-bond acceptors (Lipinski definition) is 3. The first-order valence-corrected chi connectivity index (χ1v) is 9.06. The second kappa shape index (κ2) is 7.43. The largest absolute Gasteiger partial charge is 0.497 e.